The molecule has 1 N–H and O–H groups in total. The Morgan fingerprint density at radius 2 is 1.76 bits per heavy atom. The van der Waals surface area contributed by atoms with E-state index in [1.54, 1.807) is 12.1 Å². The zero-order valence-electron chi connectivity index (χ0n) is 11.5. The maximum Gasteiger partial charge on any atom is 0.200 e. The molecule has 0 aliphatic heterocycles. The third kappa shape index (κ3) is 2.64. The van der Waals surface area contributed by atoms with Crippen molar-refractivity contribution in [1.82, 2.24) is 14.8 Å². The molecule has 0 saturated heterocycles. The van der Waals surface area contributed by atoms with E-state index in [1.165, 1.54) is 17.7 Å². The molecule has 0 unspecified atom stereocenters. The lowest BCUT2D eigenvalue weighted by atomic mass is 10.1. The second kappa shape index (κ2) is 5.61. The highest BCUT2D eigenvalue weighted by Crippen LogP contribution is 2.22. The number of halogens is 1. The number of aromatic amines is 1. The molecule has 21 heavy (non-hydrogen) atoms. The largest absolute Gasteiger partial charge is 0.268 e. The van der Waals surface area contributed by atoms with Gasteiger partial charge >= 0.3 is 0 Å². The van der Waals surface area contributed by atoms with Crippen LogP contribution in [0.4, 0.5) is 4.39 Å². The van der Waals surface area contributed by atoms with Gasteiger partial charge in [0.15, 0.2) is 10.6 Å². The Morgan fingerprint density at radius 3 is 2.38 bits per heavy atom. The number of nitrogens with zero attached hydrogens (tertiary/aromatic N) is 2. The molecule has 0 bridgehead atoms. The fraction of sp³-hybridized carbons (Fsp3) is 0.125. The molecule has 1 aromatic heterocycles. The highest BCUT2D eigenvalue weighted by molar-refractivity contribution is 7.71. The fourth-order valence-electron chi connectivity index (χ4n) is 2.21. The van der Waals surface area contributed by atoms with Gasteiger partial charge in [0.05, 0.1) is 0 Å². The minimum atomic E-state index is -0.272. The summed E-state index contributed by atoms with van der Waals surface area (Å²) in [6.45, 7) is 2.11. The summed E-state index contributed by atoms with van der Waals surface area (Å²) in [5.41, 5.74) is 3.01. The molecule has 3 rings (SSSR count). The van der Waals surface area contributed by atoms with Crippen molar-refractivity contribution in [2.45, 2.75) is 13.3 Å². The van der Waals surface area contributed by atoms with Gasteiger partial charge in [0.2, 0.25) is 0 Å². The molecule has 1 heterocycles. The Morgan fingerprint density at radius 1 is 1.10 bits per heavy atom. The minimum Gasteiger partial charge on any atom is -0.268 e. The first-order valence-electron chi connectivity index (χ1n) is 6.71. The van der Waals surface area contributed by atoms with E-state index in [0.29, 0.717) is 10.6 Å². The standard InChI is InChI=1S/C16H14FN3S/c1-2-11-3-9-14(10-4-11)20-15(18-19-16(20)21)12-5-7-13(17)8-6-12/h3-10H,2H2,1H3,(H,19,21). The summed E-state index contributed by atoms with van der Waals surface area (Å²) in [4.78, 5) is 0. The van der Waals surface area contributed by atoms with Crippen molar-refractivity contribution >= 4 is 12.2 Å². The van der Waals surface area contributed by atoms with Crippen LogP contribution in [0.25, 0.3) is 17.1 Å². The molecule has 0 atom stereocenters. The van der Waals surface area contributed by atoms with Gasteiger partial charge < -0.3 is 0 Å². The normalized spacial score (nSPS) is 10.8. The third-order valence-electron chi connectivity index (χ3n) is 3.38. The topological polar surface area (TPSA) is 33.6 Å². The van der Waals surface area contributed by atoms with Gasteiger partial charge in [-0.25, -0.2) is 4.39 Å². The van der Waals surface area contributed by atoms with Crippen LogP contribution in [0.15, 0.2) is 48.5 Å². The van der Waals surface area contributed by atoms with Crippen molar-refractivity contribution in [1.29, 1.82) is 0 Å². The van der Waals surface area contributed by atoms with E-state index in [0.717, 1.165) is 17.7 Å². The number of hydrogen-bond donors (Lipinski definition) is 1. The number of aromatic nitrogens is 3. The Kier molecular flexibility index (Phi) is 3.66. The van der Waals surface area contributed by atoms with Crippen molar-refractivity contribution in [3.8, 4) is 17.1 Å². The van der Waals surface area contributed by atoms with Crippen molar-refractivity contribution < 1.29 is 4.39 Å². The van der Waals surface area contributed by atoms with Gasteiger partial charge in [-0.15, -0.1) is 0 Å². The Bertz CT molecular complexity index is 801. The molecule has 0 radical (unpaired) electrons. The molecule has 3 nitrogen and oxygen atoms in total. The lowest BCUT2D eigenvalue weighted by Gasteiger charge is -2.07. The molecule has 0 fully saturated rings. The minimum absolute atomic E-state index is 0.272. The van der Waals surface area contributed by atoms with E-state index < -0.39 is 0 Å². The highest BCUT2D eigenvalue weighted by Gasteiger charge is 2.10. The zero-order chi connectivity index (χ0) is 14.8. The molecule has 0 spiro atoms. The van der Waals surface area contributed by atoms with Crippen LogP contribution >= 0.6 is 12.2 Å². The molecule has 0 aliphatic carbocycles. The first-order chi connectivity index (χ1) is 10.2. The predicted octanol–water partition coefficient (Wildman–Crippen LogP) is 4.30. The van der Waals surface area contributed by atoms with Gasteiger partial charge in [0, 0.05) is 11.3 Å². The summed E-state index contributed by atoms with van der Waals surface area (Å²) < 4.78 is 15.4. The molecular formula is C16H14FN3S. The average Bonchev–Trinajstić information content (AvgIpc) is 2.90. The van der Waals surface area contributed by atoms with Gasteiger partial charge in [0.1, 0.15) is 5.82 Å². The maximum atomic E-state index is 13.1. The molecule has 0 aliphatic rings. The molecule has 0 amide bonds. The molecule has 106 valence electrons. The molecule has 3 aromatic rings. The first kappa shape index (κ1) is 13.7. The second-order valence-electron chi connectivity index (χ2n) is 4.71. The Labute approximate surface area is 127 Å². The lowest BCUT2D eigenvalue weighted by molar-refractivity contribution is 0.628. The average molecular weight is 299 g/mol. The zero-order valence-corrected chi connectivity index (χ0v) is 12.3. The number of rotatable bonds is 3. The van der Waals surface area contributed by atoms with Crippen LogP contribution in [-0.2, 0) is 6.42 Å². The lowest BCUT2D eigenvalue weighted by Crippen LogP contribution is -1.98. The summed E-state index contributed by atoms with van der Waals surface area (Å²) in [6, 6.07) is 14.4. The quantitative estimate of drug-likeness (QED) is 0.732. The van der Waals surface area contributed by atoms with Crippen LogP contribution in [0, 0.1) is 10.6 Å². The fourth-order valence-corrected chi connectivity index (χ4v) is 2.45. The van der Waals surface area contributed by atoms with E-state index in [1.807, 2.05) is 16.7 Å². The molecule has 5 heteroatoms. The van der Waals surface area contributed by atoms with Crippen molar-refractivity contribution in [2.75, 3.05) is 0 Å². The maximum absolute atomic E-state index is 13.1. The highest BCUT2D eigenvalue weighted by atomic mass is 32.1. The van der Waals surface area contributed by atoms with Crippen molar-refractivity contribution in [3.63, 3.8) is 0 Å². The van der Waals surface area contributed by atoms with E-state index in [4.69, 9.17) is 12.2 Å². The van der Waals surface area contributed by atoms with Gasteiger partial charge in [0.25, 0.3) is 0 Å². The van der Waals surface area contributed by atoms with Crippen LogP contribution < -0.4 is 0 Å². The van der Waals surface area contributed by atoms with Crippen LogP contribution in [0.3, 0.4) is 0 Å². The van der Waals surface area contributed by atoms with E-state index in [9.17, 15) is 4.39 Å². The van der Waals surface area contributed by atoms with Crippen molar-refractivity contribution in [3.05, 3.63) is 64.7 Å². The number of nitrogens with one attached hydrogen (secondary N) is 1. The van der Waals surface area contributed by atoms with Crippen LogP contribution in [0.5, 0.6) is 0 Å². The number of aryl methyl sites for hydroxylation is 1. The number of hydrogen-bond acceptors (Lipinski definition) is 2. The Hall–Kier alpha value is -2.27. The van der Waals surface area contributed by atoms with Crippen LogP contribution in [-0.4, -0.2) is 14.8 Å². The summed E-state index contributed by atoms with van der Waals surface area (Å²) in [7, 11) is 0. The first-order valence-corrected chi connectivity index (χ1v) is 7.12. The Balaban J connectivity index is 2.12. The monoisotopic (exact) mass is 299 g/mol. The summed E-state index contributed by atoms with van der Waals surface area (Å²) in [5.74, 6) is 0.399. The van der Waals surface area contributed by atoms with Gasteiger partial charge in [-0.1, -0.05) is 19.1 Å². The molecular weight excluding hydrogens is 285 g/mol. The van der Waals surface area contributed by atoms with E-state index >= 15 is 0 Å². The van der Waals surface area contributed by atoms with Crippen molar-refractivity contribution in [2.24, 2.45) is 0 Å². The van der Waals surface area contributed by atoms with Crippen LogP contribution in [0.2, 0.25) is 0 Å². The van der Waals surface area contributed by atoms with Gasteiger partial charge in [-0.2, -0.15) is 5.10 Å². The number of benzene rings is 2. The summed E-state index contributed by atoms with van der Waals surface area (Å²) in [6.07, 6.45) is 0.988. The van der Waals surface area contributed by atoms with Gasteiger partial charge in [-0.05, 0) is 60.6 Å². The summed E-state index contributed by atoms with van der Waals surface area (Å²) >= 11 is 5.31. The second-order valence-corrected chi connectivity index (χ2v) is 5.10. The molecule has 0 saturated carbocycles. The molecule has 2 aromatic carbocycles. The predicted molar refractivity (Wildman–Crippen MR) is 83.5 cm³/mol. The number of H-pyrrole nitrogens is 1. The van der Waals surface area contributed by atoms with Crippen LogP contribution in [0.1, 0.15) is 12.5 Å². The summed E-state index contributed by atoms with van der Waals surface area (Å²) in [5, 5.41) is 7.06. The third-order valence-corrected chi connectivity index (χ3v) is 3.65. The van der Waals surface area contributed by atoms with E-state index in [2.05, 4.69) is 29.3 Å². The van der Waals surface area contributed by atoms with Gasteiger partial charge in [-0.3, -0.25) is 9.67 Å². The smallest absolute Gasteiger partial charge is 0.200 e. The SMILES string of the molecule is CCc1ccc(-n2c(-c3ccc(F)cc3)n[nH]c2=S)cc1. The van der Waals surface area contributed by atoms with E-state index in [-0.39, 0.29) is 5.82 Å².